The summed E-state index contributed by atoms with van der Waals surface area (Å²) in [7, 11) is 0. The summed E-state index contributed by atoms with van der Waals surface area (Å²) in [5.41, 5.74) is 1.31. The molecule has 1 aromatic rings. The lowest BCUT2D eigenvalue weighted by Gasteiger charge is -2.21. The van der Waals surface area contributed by atoms with Crippen molar-refractivity contribution in [1.82, 2.24) is 16.0 Å². The number of amides is 4. The zero-order chi connectivity index (χ0) is 14.4. The highest BCUT2D eigenvalue weighted by Crippen LogP contribution is 2.07. The molecule has 0 radical (unpaired) electrons. The van der Waals surface area contributed by atoms with Crippen molar-refractivity contribution in [1.29, 1.82) is 0 Å². The maximum Gasteiger partial charge on any atom is 0.321 e. The second kappa shape index (κ2) is 6.58. The molecule has 106 valence electrons. The van der Waals surface area contributed by atoms with Gasteiger partial charge < -0.3 is 26.4 Å². The number of carbonyl (C=O) groups is 2. The van der Waals surface area contributed by atoms with E-state index in [1.807, 2.05) is 18.2 Å². The van der Waals surface area contributed by atoms with Crippen molar-refractivity contribution in [2.24, 2.45) is 0 Å². The molecular formula is C13H16N4O3. The fourth-order valence-corrected chi connectivity index (χ4v) is 1.72. The highest BCUT2D eigenvalue weighted by Gasteiger charge is 2.18. The molecule has 2 rings (SSSR count). The summed E-state index contributed by atoms with van der Waals surface area (Å²) < 4.78 is 0. The van der Waals surface area contributed by atoms with E-state index < -0.39 is 12.3 Å². The molecule has 0 spiro atoms. The molecule has 1 aliphatic heterocycles. The Hall–Kier alpha value is -2.54. The number of benzene rings is 1. The molecule has 7 nitrogen and oxygen atoms in total. The zero-order valence-corrected chi connectivity index (χ0v) is 10.7. The van der Waals surface area contributed by atoms with Gasteiger partial charge in [-0.15, -0.1) is 0 Å². The third-order valence-electron chi connectivity index (χ3n) is 2.74. The Bertz CT molecular complexity index is 516. The van der Waals surface area contributed by atoms with E-state index in [9.17, 15) is 14.7 Å². The van der Waals surface area contributed by atoms with Crippen LogP contribution in [0.4, 0.5) is 15.3 Å². The second-order valence-corrected chi connectivity index (χ2v) is 4.24. The van der Waals surface area contributed by atoms with Crippen LogP contribution in [0.5, 0.6) is 0 Å². The maximum atomic E-state index is 11.6. The number of nitrogens with one attached hydrogen (secondary N) is 4. The smallest absolute Gasteiger partial charge is 0.321 e. The first kappa shape index (κ1) is 13.9. The Labute approximate surface area is 116 Å². The third kappa shape index (κ3) is 3.99. The molecule has 0 saturated carbocycles. The van der Waals surface area contributed by atoms with Crippen LogP contribution >= 0.6 is 0 Å². The monoisotopic (exact) mass is 276 g/mol. The van der Waals surface area contributed by atoms with Crippen LogP contribution in [-0.4, -0.2) is 29.9 Å². The van der Waals surface area contributed by atoms with Gasteiger partial charge in [0.05, 0.1) is 0 Å². The minimum atomic E-state index is -1.01. The molecule has 7 heteroatoms. The lowest BCUT2D eigenvalue weighted by Crippen LogP contribution is -2.46. The maximum absolute atomic E-state index is 11.6. The zero-order valence-electron chi connectivity index (χ0n) is 10.7. The molecule has 1 aliphatic rings. The number of anilines is 1. The summed E-state index contributed by atoms with van der Waals surface area (Å²) in [6, 6.07) is 8.32. The van der Waals surface area contributed by atoms with Crippen molar-refractivity contribution >= 4 is 17.7 Å². The average molecular weight is 276 g/mol. The fourth-order valence-electron chi connectivity index (χ4n) is 1.72. The predicted octanol–water partition coefficient (Wildman–Crippen LogP) is 0.713. The van der Waals surface area contributed by atoms with Crippen molar-refractivity contribution in [3.8, 4) is 0 Å². The number of hydrogen-bond donors (Lipinski definition) is 5. The number of para-hydroxylation sites is 1. The van der Waals surface area contributed by atoms with E-state index >= 15 is 0 Å². The third-order valence-corrected chi connectivity index (χ3v) is 2.74. The predicted molar refractivity (Wildman–Crippen MR) is 73.8 cm³/mol. The summed E-state index contributed by atoms with van der Waals surface area (Å²) in [4.78, 5) is 22.5. The fraction of sp³-hybridized carbons (Fsp3) is 0.231. The summed E-state index contributed by atoms with van der Waals surface area (Å²) in [5.74, 6) is 0. The van der Waals surface area contributed by atoms with Crippen molar-refractivity contribution < 1.29 is 14.7 Å². The van der Waals surface area contributed by atoms with Gasteiger partial charge in [0.15, 0.2) is 6.23 Å². The van der Waals surface area contributed by atoms with Gasteiger partial charge in [0.25, 0.3) is 0 Å². The molecule has 0 aliphatic carbocycles. The summed E-state index contributed by atoms with van der Waals surface area (Å²) in [5, 5.41) is 19.7. The van der Waals surface area contributed by atoms with E-state index in [1.54, 1.807) is 12.1 Å². The van der Waals surface area contributed by atoms with Gasteiger partial charge >= 0.3 is 12.1 Å². The summed E-state index contributed by atoms with van der Waals surface area (Å²) >= 11 is 0. The van der Waals surface area contributed by atoms with Gasteiger partial charge in [-0.25, -0.2) is 9.59 Å². The Morgan fingerprint density at radius 1 is 1.30 bits per heavy atom. The van der Waals surface area contributed by atoms with Crippen molar-refractivity contribution in [3.05, 3.63) is 42.1 Å². The van der Waals surface area contributed by atoms with E-state index in [4.69, 9.17) is 0 Å². The highest BCUT2D eigenvalue weighted by atomic mass is 16.3. The lowest BCUT2D eigenvalue weighted by molar-refractivity contribution is 0.161. The molecule has 1 atom stereocenters. The quantitative estimate of drug-likeness (QED) is 0.559. The molecular weight excluding hydrogens is 260 g/mol. The minimum absolute atomic E-state index is 0.320. The summed E-state index contributed by atoms with van der Waals surface area (Å²) in [6.45, 7) is 0.346. The SMILES string of the molecule is O=C(NCCC1=CNC(=O)NC1O)Nc1ccccc1. The van der Waals surface area contributed by atoms with Crippen molar-refractivity contribution in [2.75, 3.05) is 11.9 Å². The van der Waals surface area contributed by atoms with E-state index in [0.717, 1.165) is 0 Å². The molecule has 1 heterocycles. The van der Waals surface area contributed by atoms with E-state index in [2.05, 4.69) is 21.3 Å². The van der Waals surface area contributed by atoms with Crippen LogP contribution in [0.15, 0.2) is 42.1 Å². The first-order valence-electron chi connectivity index (χ1n) is 6.19. The van der Waals surface area contributed by atoms with Gasteiger partial charge in [0.1, 0.15) is 0 Å². The minimum Gasteiger partial charge on any atom is -0.370 e. The van der Waals surface area contributed by atoms with Crippen LogP contribution < -0.4 is 21.3 Å². The topological polar surface area (TPSA) is 102 Å². The van der Waals surface area contributed by atoms with Gasteiger partial charge in [-0.1, -0.05) is 18.2 Å². The van der Waals surface area contributed by atoms with Crippen molar-refractivity contribution in [2.45, 2.75) is 12.6 Å². The van der Waals surface area contributed by atoms with Crippen LogP contribution in [0.3, 0.4) is 0 Å². The molecule has 4 amide bonds. The molecule has 1 unspecified atom stereocenters. The molecule has 0 fully saturated rings. The normalized spacial score (nSPS) is 17.6. The number of urea groups is 2. The van der Waals surface area contributed by atoms with Crippen LogP contribution in [0, 0.1) is 0 Å². The molecule has 0 bridgehead atoms. The van der Waals surface area contributed by atoms with Gasteiger partial charge in [-0.2, -0.15) is 0 Å². The van der Waals surface area contributed by atoms with E-state index in [1.165, 1.54) is 6.20 Å². The first-order chi connectivity index (χ1) is 9.65. The molecule has 1 aromatic carbocycles. The van der Waals surface area contributed by atoms with E-state index in [-0.39, 0.29) is 6.03 Å². The number of aliphatic hydroxyl groups is 1. The molecule has 5 N–H and O–H groups in total. The van der Waals surface area contributed by atoms with Crippen LogP contribution in [0.1, 0.15) is 6.42 Å². The average Bonchev–Trinajstić information content (AvgIpc) is 2.42. The van der Waals surface area contributed by atoms with Crippen LogP contribution in [0.2, 0.25) is 0 Å². The van der Waals surface area contributed by atoms with Gasteiger partial charge in [-0.05, 0) is 24.1 Å². The molecule has 20 heavy (non-hydrogen) atoms. The Kier molecular flexibility index (Phi) is 4.56. The van der Waals surface area contributed by atoms with Gasteiger partial charge in [-0.3, -0.25) is 0 Å². The number of aliphatic hydroxyl groups excluding tert-OH is 1. The standard InChI is InChI=1S/C13H16N4O3/c18-11-9(8-15-13(20)17-11)6-7-14-12(19)16-10-4-2-1-3-5-10/h1-5,8,11,18H,6-7H2,(H2,14,16,19)(H2,15,17,20). The Morgan fingerprint density at radius 3 is 2.75 bits per heavy atom. The summed E-state index contributed by atoms with van der Waals surface area (Å²) in [6.07, 6.45) is 0.861. The first-order valence-corrected chi connectivity index (χ1v) is 6.19. The van der Waals surface area contributed by atoms with Gasteiger partial charge in [0.2, 0.25) is 0 Å². The van der Waals surface area contributed by atoms with E-state index in [0.29, 0.717) is 24.2 Å². The van der Waals surface area contributed by atoms with Crippen LogP contribution in [0.25, 0.3) is 0 Å². The number of carbonyl (C=O) groups excluding carboxylic acids is 2. The lowest BCUT2D eigenvalue weighted by atomic mass is 10.1. The number of hydrogen-bond acceptors (Lipinski definition) is 3. The molecule has 0 saturated heterocycles. The molecule has 0 aromatic heterocycles. The second-order valence-electron chi connectivity index (χ2n) is 4.24. The van der Waals surface area contributed by atoms with Gasteiger partial charge in [0, 0.05) is 18.4 Å². The number of rotatable bonds is 4. The Balaban J connectivity index is 1.73. The largest absolute Gasteiger partial charge is 0.370 e. The van der Waals surface area contributed by atoms with Crippen molar-refractivity contribution in [3.63, 3.8) is 0 Å². The highest BCUT2D eigenvalue weighted by molar-refractivity contribution is 5.89. The Morgan fingerprint density at radius 2 is 2.05 bits per heavy atom. The van der Waals surface area contributed by atoms with Crippen LogP contribution in [-0.2, 0) is 0 Å².